The average molecular weight is 441 g/mol. The van der Waals surface area contributed by atoms with E-state index in [4.69, 9.17) is 5.73 Å². The molecule has 0 radical (unpaired) electrons. The zero-order chi connectivity index (χ0) is 14.9. The fourth-order valence-corrected chi connectivity index (χ4v) is 5.45. The Morgan fingerprint density at radius 1 is 1.40 bits per heavy atom. The van der Waals surface area contributed by atoms with E-state index in [1.807, 2.05) is 6.92 Å². The molecule has 2 aromatic rings. The van der Waals surface area contributed by atoms with Crippen LogP contribution in [0.5, 0.6) is 0 Å². The Balaban J connectivity index is 2.27. The van der Waals surface area contributed by atoms with E-state index in [1.54, 1.807) is 18.3 Å². The van der Waals surface area contributed by atoms with Crippen LogP contribution in [-0.2, 0) is 16.6 Å². The third kappa shape index (κ3) is 3.59. The molecule has 0 saturated carbocycles. The van der Waals surface area contributed by atoms with Gasteiger partial charge < -0.3 is 5.73 Å². The van der Waals surface area contributed by atoms with E-state index in [2.05, 4.69) is 41.6 Å². The van der Waals surface area contributed by atoms with E-state index in [0.717, 1.165) is 4.88 Å². The first kappa shape index (κ1) is 15.9. The van der Waals surface area contributed by atoms with Crippen LogP contribution in [0.3, 0.4) is 0 Å². The Hall–Kier alpha value is -0.480. The van der Waals surface area contributed by atoms with Gasteiger partial charge in [0.15, 0.2) is 0 Å². The van der Waals surface area contributed by atoms with Crippen LogP contribution in [0, 0.1) is 6.92 Å². The minimum Gasteiger partial charge on any atom is -0.398 e. The van der Waals surface area contributed by atoms with Crippen LogP contribution in [0.15, 0.2) is 32.2 Å². The molecule has 0 saturated heterocycles. The lowest BCUT2D eigenvalue weighted by molar-refractivity contribution is 0.581. The predicted molar refractivity (Wildman–Crippen MR) is 87.1 cm³/mol. The Kier molecular flexibility index (Phi) is 4.85. The van der Waals surface area contributed by atoms with Crippen molar-refractivity contribution >= 4 is 58.9 Å². The molecule has 9 heteroatoms. The Bertz CT molecular complexity index is 721. The number of nitrogens with one attached hydrogen (secondary N) is 1. The Morgan fingerprint density at radius 3 is 2.65 bits per heavy atom. The topological polar surface area (TPSA) is 85.1 Å². The first-order valence-corrected chi connectivity index (χ1v) is 9.33. The molecular formula is C11H11Br2N3O2S2. The minimum absolute atomic E-state index is 0.0361. The van der Waals surface area contributed by atoms with Gasteiger partial charge >= 0.3 is 0 Å². The van der Waals surface area contributed by atoms with Gasteiger partial charge in [-0.2, -0.15) is 0 Å². The first-order valence-electron chi connectivity index (χ1n) is 5.45. The number of halogens is 2. The first-order chi connectivity index (χ1) is 9.29. The summed E-state index contributed by atoms with van der Waals surface area (Å²) in [5.41, 5.74) is 5.96. The van der Waals surface area contributed by atoms with Gasteiger partial charge in [-0.05, 0) is 35.0 Å². The molecule has 5 nitrogen and oxygen atoms in total. The number of benzene rings is 1. The molecule has 2 rings (SSSR count). The monoisotopic (exact) mass is 439 g/mol. The lowest BCUT2D eigenvalue weighted by atomic mass is 10.3. The summed E-state index contributed by atoms with van der Waals surface area (Å²) in [7, 11) is -3.70. The number of thiazole rings is 1. The van der Waals surface area contributed by atoms with Crippen molar-refractivity contribution in [1.29, 1.82) is 0 Å². The van der Waals surface area contributed by atoms with Gasteiger partial charge in [0.2, 0.25) is 10.0 Å². The van der Waals surface area contributed by atoms with Gasteiger partial charge in [-0.1, -0.05) is 15.9 Å². The molecule has 0 aliphatic rings. The predicted octanol–water partition coefficient (Wildman–Crippen LogP) is 3.04. The number of nitrogen functional groups attached to an aromatic ring is 1. The maximum Gasteiger partial charge on any atom is 0.244 e. The zero-order valence-corrected chi connectivity index (χ0v) is 15.2. The highest BCUT2D eigenvalue weighted by molar-refractivity contribution is 9.11. The molecule has 0 atom stereocenters. The number of aromatic nitrogens is 1. The van der Waals surface area contributed by atoms with Crippen molar-refractivity contribution in [3.05, 3.63) is 37.2 Å². The molecule has 20 heavy (non-hydrogen) atoms. The normalized spacial score (nSPS) is 11.8. The van der Waals surface area contributed by atoms with Gasteiger partial charge in [0.25, 0.3) is 0 Å². The summed E-state index contributed by atoms with van der Waals surface area (Å²) >= 11 is 7.93. The maximum atomic E-state index is 12.3. The molecular weight excluding hydrogens is 430 g/mol. The Morgan fingerprint density at radius 2 is 2.10 bits per heavy atom. The van der Waals surface area contributed by atoms with E-state index in [1.165, 1.54) is 11.3 Å². The summed E-state index contributed by atoms with van der Waals surface area (Å²) in [4.78, 5) is 5.18. The van der Waals surface area contributed by atoms with Crippen molar-refractivity contribution in [3.8, 4) is 0 Å². The largest absolute Gasteiger partial charge is 0.398 e. The maximum absolute atomic E-state index is 12.3. The van der Waals surface area contributed by atoms with Crippen LogP contribution in [0.4, 0.5) is 5.69 Å². The highest BCUT2D eigenvalue weighted by atomic mass is 79.9. The number of hydrogen-bond donors (Lipinski definition) is 2. The van der Waals surface area contributed by atoms with E-state index in [0.29, 0.717) is 14.0 Å². The standard InChI is InChI=1S/C11H11Br2N3O2S2/c1-6-4-15-10(19-6)5-16-20(17,18)11-8(13)2-7(12)3-9(11)14/h2-4,16H,5,14H2,1H3. The van der Waals surface area contributed by atoms with Crippen LogP contribution in [0.1, 0.15) is 9.88 Å². The number of hydrogen-bond acceptors (Lipinski definition) is 5. The van der Waals surface area contributed by atoms with E-state index >= 15 is 0 Å². The van der Waals surface area contributed by atoms with Crippen LogP contribution in [0.2, 0.25) is 0 Å². The SMILES string of the molecule is Cc1cnc(CNS(=O)(=O)c2c(N)cc(Br)cc2Br)s1. The molecule has 0 unspecified atom stereocenters. The smallest absolute Gasteiger partial charge is 0.244 e. The molecule has 1 aromatic carbocycles. The van der Waals surface area contributed by atoms with Gasteiger partial charge in [0.05, 0.1) is 12.2 Å². The zero-order valence-electron chi connectivity index (χ0n) is 10.4. The second-order valence-corrected chi connectivity index (χ2v) is 8.79. The molecule has 1 aromatic heterocycles. The molecule has 108 valence electrons. The van der Waals surface area contributed by atoms with Gasteiger partial charge in [0.1, 0.15) is 9.90 Å². The fourth-order valence-electron chi connectivity index (χ4n) is 1.58. The number of nitrogens with zero attached hydrogens (tertiary/aromatic N) is 1. The van der Waals surface area contributed by atoms with Gasteiger partial charge in [-0.3, -0.25) is 0 Å². The summed E-state index contributed by atoms with van der Waals surface area (Å²) in [6.45, 7) is 2.06. The molecule has 3 N–H and O–H groups in total. The van der Waals surface area contributed by atoms with Crippen molar-refractivity contribution < 1.29 is 8.42 Å². The lowest BCUT2D eigenvalue weighted by Crippen LogP contribution is -2.24. The van der Waals surface area contributed by atoms with Crippen LogP contribution >= 0.6 is 43.2 Å². The molecule has 0 spiro atoms. The van der Waals surface area contributed by atoms with Crippen molar-refractivity contribution in [2.75, 3.05) is 5.73 Å². The highest BCUT2D eigenvalue weighted by Crippen LogP contribution is 2.31. The van der Waals surface area contributed by atoms with Crippen molar-refractivity contribution in [3.63, 3.8) is 0 Å². The van der Waals surface area contributed by atoms with Gasteiger partial charge in [0, 0.05) is 20.0 Å². The highest BCUT2D eigenvalue weighted by Gasteiger charge is 2.21. The Labute approximate surface area is 137 Å². The summed E-state index contributed by atoms with van der Waals surface area (Å²) in [6.07, 6.45) is 1.71. The third-order valence-corrected chi connectivity index (χ3v) is 6.16. The van der Waals surface area contributed by atoms with Gasteiger partial charge in [-0.25, -0.2) is 18.1 Å². The average Bonchev–Trinajstić information content (AvgIpc) is 2.71. The van der Waals surface area contributed by atoms with Crippen LogP contribution < -0.4 is 10.5 Å². The van der Waals surface area contributed by atoms with E-state index in [9.17, 15) is 8.42 Å². The molecule has 0 amide bonds. The number of aryl methyl sites for hydroxylation is 1. The van der Waals surface area contributed by atoms with E-state index < -0.39 is 10.0 Å². The molecule has 0 fully saturated rings. The van der Waals surface area contributed by atoms with Crippen molar-refractivity contribution in [2.45, 2.75) is 18.4 Å². The third-order valence-electron chi connectivity index (χ3n) is 2.39. The number of nitrogens with two attached hydrogens (primary N) is 1. The number of anilines is 1. The van der Waals surface area contributed by atoms with Gasteiger partial charge in [-0.15, -0.1) is 11.3 Å². The molecule has 0 aliphatic heterocycles. The minimum atomic E-state index is -3.70. The van der Waals surface area contributed by atoms with Crippen molar-refractivity contribution in [1.82, 2.24) is 9.71 Å². The second-order valence-electron chi connectivity index (χ2n) is 4.00. The molecule has 0 bridgehead atoms. The van der Waals surface area contributed by atoms with Crippen LogP contribution in [-0.4, -0.2) is 13.4 Å². The lowest BCUT2D eigenvalue weighted by Gasteiger charge is -2.10. The van der Waals surface area contributed by atoms with Crippen molar-refractivity contribution in [2.24, 2.45) is 0 Å². The summed E-state index contributed by atoms with van der Waals surface area (Å²) in [6, 6.07) is 3.19. The summed E-state index contributed by atoms with van der Waals surface area (Å²) < 4.78 is 28.2. The molecule has 0 aliphatic carbocycles. The van der Waals surface area contributed by atoms with E-state index in [-0.39, 0.29) is 17.1 Å². The fraction of sp³-hybridized carbons (Fsp3) is 0.182. The van der Waals surface area contributed by atoms with Crippen LogP contribution in [0.25, 0.3) is 0 Å². The number of rotatable bonds is 4. The quantitative estimate of drug-likeness (QED) is 0.715. The number of sulfonamides is 1. The summed E-state index contributed by atoms with van der Waals surface area (Å²) in [5, 5.41) is 0.706. The second kappa shape index (κ2) is 6.10. The summed E-state index contributed by atoms with van der Waals surface area (Å²) in [5.74, 6) is 0. The molecule has 1 heterocycles.